The SMILES string of the molecule is COc1cccc(/C(O)=C2\C(=O)C(=O)N(CCN(C)C)C2c2ccccc2C)c1. The quantitative estimate of drug-likeness (QED) is 0.463. The molecule has 6 heteroatoms. The van der Waals surface area contributed by atoms with Crippen molar-refractivity contribution in [3.63, 3.8) is 0 Å². The van der Waals surface area contributed by atoms with Gasteiger partial charge in [-0.05, 0) is 44.3 Å². The summed E-state index contributed by atoms with van der Waals surface area (Å²) in [7, 11) is 5.36. The fourth-order valence-electron chi connectivity index (χ4n) is 3.56. The van der Waals surface area contributed by atoms with Crippen LogP contribution >= 0.6 is 0 Å². The van der Waals surface area contributed by atoms with Crippen molar-refractivity contribution in [1.29, 1.82) is 0 Å². The zero-order chi connectivity index (χ0) is 21.1. The maximum Gasteiger partial charge on any atom is 0.295 e. The maximum atomic E-state index is 13.0. The van der Waals surface area contributed by atoms with E-state index in [1.165, 1.54) is 7.11 Å². The van der Waals surface area contributed by atoms with Crippen molar-refractivity contribution < 1.29 is 19.4 Å². The number of likely N-dealkylation sites (N-methyl/N-ethyl adjacent to an activating group) is 1. The first-order valence-electron chi connectivity index (χ1n) is 9.48. The van der Waals surface area contributed by atoms with Crippen molar-refractivity contribution in [3.8, 4) is 5.75 Å². The molecule has 0 radical (unpaired) electrons. The number of aliphatic hydroxyl groups excluding tert-OH is 1. The number of hydrogen-bond acceptors (Lipinski definition) is 5. The van der Waals surface area contributed by atoms with E-state index in [1.54, 1.807) is 29.2 Å². The first-order valence-corrected chi connectivity index (χ1v) is 9.48. The number of carbonyl (C=O) groups is 2. The Morgan fingerprint density at radius 2 is 1.86 bits per heavy atom. The summed E-state index contributed by atoms with van der Waals surface area (Å²) < 4.78 is 5.23. The van der Waals surface area contributed by atoms with Gasteiger partial charge >= 0.3 is 0 Å². The van der Waals surface area contributed by atoms with Gasteiger partial charge in [0.15, 0.2) is 0 Å². The number of benzene rings is 2. The van der Waals surface area contributed by atoms with Gasteiger partial charge < -0.3 is 19.6 Å². The molecule has 1 aliphatic rings. The highest BCUT2D eigenvalue weighted by Crippen LogP contribution is 2.40. The van der Waals surface area contributed by atoms with Gasteiger partial charge in [-0.25, -0.2) is 0 Å². The van der Waals surface area contributed by atoms with Crippen molar-refractivity contribution in [1.82, 2.24) is 9.80 Å². The number of aliphatic hydroxyl groups is 1. The number of ketones is 1. The third-order valence-corrected chi connectivity index (χ3v) is 5.15. The largest absolute Gasteiger partial charge is 0.507 e. The van der Waals surface area contributed by atoms with E-state index < -0.39 is 17.7 Å². The van der Waals surface area contributed by atoms with Crippen molar-refractivity contribution in [2.45, 2.75) is 13.0 Å². The molecule has 6 nitrogen and oxygen atoms in total. The molecule has 1 unspecified atom stereocenters. The second-order valence-corrected chi connectivity index (χ2v) is 7.38. The third kappa shape index (κ3) is 4.03. The van der Waals surface area contributed by atoms with E-state index in [0.717, 1.165) is 11.1 Å². The normalized spacial score (nSPS) is 18.5. The van der Waals surface area contributed by atoms with Crippen LogP contribution in [0.2, 0.25) is 0 Å². The molecule has 2 aromatic rings. The van der Waals surface area contributed by atoms with E-state index in [4.69, 9.17) is 4.74 Å². The lowest BCUT2D eigenvalue weighted by Crippen LogP contribution is -2.35. The van der Waals surface area contributed by atoms with Crippen LogP contribution in [-0.4, -0.2) is 60.9 Å². The Hall–Kier alpha value is -3.12. The summed E-state index contributed by atoms with van der Waals surface area (Å²) in [4.78, 5) is 29.3. The molecule has 0 aromatic heterocycles. The Bertz CT molecular complexity index is 965. The molecule has 0 saturated carbocycles. The Morgan fingerprint density at radius 1 is 1.14 bits per heavy atom. The molecular formula is C23H26N2O4. The van der Waals surface area contributed by atoms with E-state index in [1.807, 2.05) is 50.2 Å². The third-order valence-electron chi connectivity index (χ3n) is 5.15. The fourth-order valence-corrected chi connectivity index (χ4v) is 3.56. The standard InChI is InChI=1S/C23H26N2O4/c1-15-8-5-6-11-18(15)20-19(21(26)16-9-7-10-17(14-16)29-4)22(27)23(28)25(20)13-12-24(2)3/h5-11,14,20,26H,12-13H2,1-4H3/b21-19+. The Labute approximate surface area is 171 Å². The topological polar surface area (TPSA) is 70.1 Å². The molecule has 3 rings (SSSR count). The number of likely N-dealkylation sites (tertiary alicyclic amines) is 1. The first kappa shape index (κ1) is 20.6. The molecule has 1 saturated heterocycles. The van der Waals surface area contributed by atoms with Gasteiger partial charge in [-0.2, -0.15) is 0 Å². The number of nitrogens with zero attached hydrogens (tertiary/aromatic N) is 2. The maximum absolute atomic E-state index is 13.0. The van der Waals surface area contributed by atoms with Gasteiger partial charge in [0.1, 0.15) is 11.5 Å². The Kier molecular flexibility index (Phi) is 6.03. The number of Topliss-reactive ketones (excluding diaryl/α,β-unsaturated/α-hetero) is 1. The van der Waals surface area contributed by atoms with Gasteiger partial charge in [-0.15, -0.1) is 0 Å². The molecule has 2 aromatic carbocycles. The minimum atomic E-state index is -0.669. The highest BCUT2D eigenvalue weighted by atomic mass is 16.5. The molecule has 1 N–H and O–H groups in total. The second-order valence-electron chi connectivity index (χ2n) is 7.38. The van der Waals surface area contributed by atoms with Crippen LogP contribution in [0.1, 0.15) is 22.7 Å². The second kappa shape index (κ2) is 8.49. The summed E-state index contributed by atoms with van der Waals surface area (Å²) >= 11 is 0. The molecule has 0 spiro atoms. The summed E-state index contributed by atoms with van der Waals surface area (Å²) in [5.41, 5.74) is 2.32. The van der Waals surface area contributed by atoms with Crippen LogP contribution in [0.15, 0.2) is 54.1 Å². The molecule has 152 valence electrons. The predicted octanol–water partition coefficient (Wildman–Crippen LogP) is 2.99. The molecule has 1 amide bonds. The lowest BCUT2D eigenvalue weighted by Gasteiger charge is -2.27. The summed E-state index contributed by atoms with van der Waals surface area (Å²) in [5, 5.41) is 11.1. The predicted molar refractivity (Wildman–Crippen MR) is 112 cm³/mol. The number of ether oxygens (including phenoxy) is 1. The molecule has 1 heterocycles. The van der Waals surface area contributed by atoms with Gasteiger partial charge in [0.2, 0.25) is 0 Å². The molecule has 1 fully saturated rings. The van der Waals surface area contributed by atoms with E-state index in [9.17, 15) is 14.7 Å². The van der Waals surface area contributed by atoms with Crippen LogP contribution in [0.25, 0.3) is 5.76 Å². The number of carbonyl (C=O) groups excluding carboxylic acids is 2. The molecule has 1 aliphatic heterocycles. The number of methoxy groups -OCH3 is 1. The van der Waals surface area contributed by atoms with Crippen LogP contribution in [0.5, 0.6) is 5.75 Å². The number of amides is 1. The molecule has 0 aliphatic carbocycles. The van der Waals surface area contributed by atoms with Crippen molar-refractivity contribution in [2.24, 2.45) is 0 Å². The zero-order valence-corrected chi connectivity index (χ0v) is 17.2. The number of aryl methyl sites for hydroxylation is 1. The average molecular weight is 394 g/mol. The van der Waals surface area contributed by atoms with Crippen LogP contribution in [0, 0.1) is 6.92 Å². The van der Waals surface area contributed by atoms with Gasteiger partial charge in [0.25, 0.3) is 11.7 Å². The summed E-state index contributed by atoms with van der Waals surface area (Å²) in [6.07, 6.45) is 0. The van der Waals surface area contributed by atoms with Crippen molar-refractivity contribution in [3.05, 3.63) is 70.8 Å². The van der Waals surface area contributed by atoms with Crippen molar-refractivity contribution >= 4 is 17.4 Å². The molecular weight excluding hydrogens is 368 g/mol. The number of rotatable bonds is 6. The Balaban J connectivity index is 2.18. The van der Waals surface area contributed by atoms with E-state index in [0.29, 0.717) is 24.4 Å². The van der Waals surface area contributed by atoms with Crippen LogP contribution < -0.4 is 4.74 Å². The first-order chi connectivity index (χ1) is 13.8. The minimum absolute atomic E-state index is 0.108. The van der Waals surface area contributed by atoms with Gasteiger partial charge in [0, 0.05) is 18.7 Å². The van der Waals surface area contributed by atoms with Gasteiger partial charge in [-0.3, -0.25) is 9.59 Å². The molecule has 29 heavy (non-hydrogen) atoms. The minimum Gasteiger partial charge on any atom is -0.507 e. The van der Waals surface area contributed by atoms with E-state index in [-0.39, 0.29) is 11.3 Å². The zero-order valence-electron chi connectivity index (χ0n) is 17.2. The Morgan fingerprint density at radius 3 is 2.52 bits per heavy atom. The van der Waals surface area contributed by atoms with E-state index >= 15 is 0 Å². The summed E-state index contributed by atoms with van der Waals surface area (Å²) in [5.74, 6) is -0.895. The monoisotopic (exact) mass is 394 g/mol. The molecule has 1 atom stereocenters. The van der Waals surface area contributed by atoms with Crippen LogP contribution in [-0.2, 0) is 9.59 Å². The summed E-state index contributed by atoms with van der Waals surface area (Å²) in [6.45, 7) is 2.92. The fraction of sp³-hybridized carbons (Fsp3) is 0.304. The highest BCUT2D eigenvalue weighted by molar-refractivity contribution is 6.46. The van der Waals surface area contributed by atoms with Crippen LogP contribution in [0.3, 0.4) is 0 Å². The number of hydrogen-bond donors (Lipinski definition) is 1. The van der Waals surface area contributed by atoms with Gasteiger partial charge in [-0.1, -0.05) is 36.4 Å². The smallest absolute Gasteiger partial charge is 0.295 e. The highest BCUT2D eigenvalue weighted by Gasteiger charge is 2.46. The average Bonchev–Trinajstić information content (AvgIpc) is 2.96. The van der Waals surface area contributed by atoms with Crippen LogP contribution in [0.4, 0.5) is 0 Å². The van der Waals surface area contributed by atoms with Gasteiger partial charge in [0.05, 0.1) is 18.7 Å². The van der Waals surface area contributed by atoms with E-state index in [2.05, 4.69) is 0 Å². The lowest BCUT2D eigenvalue weighted by atomic mass is 9.92. The molecule has 0 bridgehead atoms. The summed E-state index contributed by atoms with van der Waals surface area (Å²) in [6, 6.07) is 13.8. The van der Waals surface area contributed by atoms with Crippen molar-refractivity contribution in [2.75, 3.05) is 34.3 Å². The lowest BCUT2D eigenvalue weighted by molar-refractivity contribution is -0.140.